The van der Waals surface area contributed by atoms with Gasteiger partial charge in [-0.25, -0.2) is 0 Å². The van der Waals surface area contributed by atoms with Gasteiger partial charge in [0.05, 0.1) is 32.9 Å². The fourth-order valence-electron chi connectivity index (χ4n) is 3.88. The van der Waals surface area contributed by atoms with Gasteiger partial charge in [-0.1, -0.05) is 37.8 Å². The molecule has 3 rings (SSSR count). The van der Waals surface area contributed by atoms with Crippen molar-refractivity contribution in [3.8, 4) is 23.0 Å². The summed E-state index contributed by atoms with van der Waals surface area (Å²) in [5.41, 5.74) is 1.67. The number of Topliss-reactive ketones (excluding diaryl/α,β-unsaturated/α-hetero) is 1. The first kappa shape index (κ1) is 21.7. The van der Waals surface area contributed by atoms with Crippen LogP contribution < -0.4 is 24.2 Å². The second-order valence-electron chi connectivity index (χ2n) is 7.37. The van der Waals surface area contributed by atoms with Gasteiger partial charge in [0.25, 0.3) is 0 Å². The molecular weight excluding hydrogens is 382 g/mol. The van der Waals surface area contributed by atoms with Crippen molar-refractivity contribution >= 4 is 11.9 Å². The van der Waals surface area contributed by atoms with E-state index in [1.54, 1.807) is 32.4 Å². The SMILES string of the molecule is CCC[NH+](CCC)Cc1c([O-])ccc2c1O/C(=C\c1cccc(OC)c1OC)C2=O. The predicted octanol–water partition coefficient (Wildman–Crippen LogP) is 2.60. The zero-order valence-corrected chi connectivity index (χ0v) is 18.0. The van der Waals surface area contributed by atoms with Gasteiger partial charge in [0.1, 0.15) is 12.3 Å². The third kappa shape index (κ3) is 4.28. The predicted molar refractivity (Wildman–Crippen MR) is 113 cm³/mol. The van der Waals surface area contributed by atoms with Crippen molar-refractivity contribution in [2.45, 2.75) is 33.2 Å². The molecule has 6 nitrogen and oxygen atoms in total. The van der Waals surface area contributed by atoms with Crippen LogP contribution in [0, 0.1) is 0 Å². The topological polar surface area (TPSA) is 72.3 Å². The van der Waals surface area contributed by atoms with Crippen LogP contribution in [0.1, 0.15) is 48.2 Å². The summed E-state index contributed by atoms with van der Waals surface area (Å²) in [6.07, 6.45) is 3.69. The average Bonchev–Trinajstić information content (AvgIpc) is 3.05. The third-order valence-corrected chi connectivity index (χ3v) is 5.25. The number of carbonyl (C=O) groups is 1. The molecule has 30 heavy (non-hydrogen) atoms. The molecule has 0 saturated carbocycles. The highest BCUT2D eigenvalue weighted by molar-refractivity contribution is 6.15. The van der Waals surface area contributed by atoms with Crippen molar-refractivity contribution in [1.82, 2.24) is 0 Å². The molecule has 1 aliphatic rings. The summed E-state index contributed by atoms with van der Waals surface area (Å²) < 4.78 is 16.7. The number of ketones is 1. The molecule has 160 valence electrons. The fourth-order valence-corrected chi connectivity index (χ4v) is 3.88. The molecule has 6 heteroatoms. The van der Waals surface area contributed by atoms with Gasteiger partial charge in [0, 0.05) is 11.1 Å². The van der Waals surface area contributed by atoms with Crippen molar-refractivity contribution in [2.24, 2.45) is 0 Å². The summed E-state index contributed by atoms with van der Waals surface area (Å²) in [4.78, 5) is 14.3. The van der Waals surface area contributed by atoms with Crippen LogP contribution in [0.5, 0.6) is 23.0 Å². The Kier molecular flexibility index (Phi) is 7.00. The molecular formula is C24H29NO5. The first-order valence-electron chi connectivity index (χ1n) is 10.4. The Labute approximate surface area is 177 Å². The molecule has 0 saturated heterocycles. The van der Waals surface area contributed by atoms with Crippen LogP contribution in [0.3, 0.4) is 0 Å². The Morgan fingerprint density at radius 1 is 1.07 bits per heavy atom. The molecule has 0 atom stereocenters. The zero-order valence-electron chi connectivity index (χ0n) is 18.0. The van der Waals surface area contributed by atoms with Gasteiger partial charge in [0.2, 0.25) is 5.78 Å². The van der Waals surface area contributed by atoms with E-state index in [9.17, 15) is 9.90 Å². The van der Waals surface area contributed by atoms with E-state index < -0.39 is 0 Å². The molecule has 0 aliphatic carbocycles. The number of hydrogen-bond donors (Lipinski definition) is 1. The largest absolute Gasteiger partial charge is 0.872 e. The Balaban J connectivity index is 1.98. The number of ether oxygens (including phenoxy) is 3. The van der Waals surface area contributed by atoms with Gasteiger partial charge >= 0.3 is 0 Å². The molecule has 0 radical (unpaired) electrons. The van der Waals surface area contributed by atoms with Crippen molar-refractivity contribution in [2.75, 3.05) is 27.3 Å². The molecule has 0 aromatic heterocycles. The fraction of sp³-hybridized carbons (Fsp3) is 0.375. The van der Waals surface area contributed by atoms with Crippen LogP contribution >= 0.6 is 0 Å². The van der Waals surface area contributed by atoms with Crippen molar-refractivity contribution in [3.05, 3.63) is 52.8 Å². The number of rotatable bonds is 9. The standard InChI is InChI=1S/C24H29NO5/c1-5-12-25(13-6-2)15-18-19(26)11-10-17-22(27)21(30-24(17)18)14-16-8-7-9-20(28-3)23(16)29-4/h7-11,14,26H,5-6,12-13,15H2,1-4H3/b21-14-. The Bertz CT molecular complexity index is 945. The minimum absolute atomic E-state index is 0.0912. The molecule has 0 spiro atoms. The first-order valence-corrected chi connectivity index (χ1v) is 10.4. The Morgan fingerprint density at radius 3 is 2.43 bits per heavy atom. The molecule has 2 aromatic carbocycles. The molecule has 1 aliphatic heterocycles. The van der Waals surface area contributed by atoms with E-state index in [4.69, 9.17) is 14.2 Å². The summed E-state index contributed by atoms with van der Waals surface area (Å²) in [5.74, 6) is 1.33. The maximum absolute atomic E-state index is 13.0. The van der Waals surface area contributed by atoms with Gasteiger partial charge in [-0.3, -0.25) is 4.79 Å². The maximum atomic E-state index is 13.0. The maximum Gasteiger partial charge on any atom is 0.231 e. The second-order valence-corrected chi connectivity index (χ2v) is 7.37. The van der Waals surface area contributed by atoms with Crippen LogP contribution in [-0.4, -0.2) is 33.1 Å². The Morgan fingerprint density at radius 2 is 1.80 bits per heavy atom. The minimum Gasteiger partial charge on any atom is -0.872 e. The molecule has 2 aromatic rings. The third-order valence-electron chi connectivity index (χ3n) is 5.25. The molecule has 0 unspecified atom stereocenters. The smallest absolute Gasteiger partial charge is 0.231 e. The van der Waals surface area contributed by atoms with E-state index in [-0.39, 0.29) is 17.3 Å². The lowest BCUT2D eigenvalue weighted by molar-refractivity contribution is -0.914. The Hall–Kier alpha value is -2.99. The number of nitrogens with one attached hydrogen (secondary N) is 1. The van der Waals surface area contributed by atoms with E-state index in [1.165, 1.54) is 11.0 Å². The van der Waals surface area contributed by atoms with Crippen LogP contribution in [0.15, 0.2) is 36.1 Å². The number of quaternary nitrogens is 1. The van der Waals surface area contributed by atoms with E-state index in [0.717, 1.165) is 25.9 Å². The number of benzene rings is 2. The quantitative estimate of drug-likeness (QED) is 0.642. The van der Waals surface area contributed by atoms with Crippen LogP contribution in [0.2, 0.25) is 0 Å². The average molecular weight is 411 g/mol. The van der Waals surface area contributed by atoms with E-state index >= 15 is 0 Å². The van der Waals surface area contributed by atoms with Gasteiger partial charge in [0.15, 0.2) is 17.3 Å². The van der Waals surface area contributed by atoms with Gasteiger partial charge in [-0.15, -0.1) is 0 Å². The summed E-state index contributed by atoms with van der Waals surface area (Å²) in [7, 11) is 3.11. The lowest BCUT2D eigenvalue weighted by Crippen LogP contribution is -3.10. The summed E-state index contributed by atoms with van der Waals surface area (Å²) in [6, 6.07) is 8.46. The minimum atomic E-state index is -0.233. The molecule has 1 N–H and O–H groups in total. The number of methoxy groups -OCH3 is 2. The monoisotopic (exact) mass is 411 g/mol. The summed E-state index contributed by atoms with van der Waals surface area (Å²) in [5, 5.41) is 12.6. The molecule has 0 amide bonds. The molecule has 0 bridgehead atoms. The van der Waals surface area contributed by atoms with Gasteiger partial charge in [-0.2, -0.15) is 0 Å². The lowest BCUT2D eigenvalue weighted by Gasteiger charge is -2.23. The van der Waals surface area contributed by atoms with Crippen LogP contribution in [0.25, 0.3) is 6.08 Å². The first-order chi connectivity index (χ1) is 14.5. The van der Waals surface area contributed by atoms with E-state index in [1.807, 2.05) is 12.1 Å². The second kappa shape index (κ2) is 9.67. The number of carbonyl (C=O) groups excluding carboxylic acids is 1. The van der Waals surface area contributed by atoms with Gasteiger partial charge in [-0.05, 0) is 31.1 Å². The highest BCUT2D eigenvalue weighted by atomic mass is 16.5. The number of allylic oxidation sites excluding steroid dienone is 1. The normalized spacial score (nSPS) is 14.2. The van der Waals surface area contributed by atoms with Crippen LogP contribution in [-0.2, 0) is 6.54 Å². The van der Waals surface area contributed by atoms with Crippen molar-refractivity contribution in [3.63, 3.8) is 0 Å². The highest BCUT2D eigenvalue weighted by Gasteiger charge is 2.31. The summed E-state index contributed by atoms with van der Waals surface area (Å²) >= 11 is 0. The van der Waals surface area contributed by atoms with Gasteiger partial charge < -0.3 is 24.2 Å². The highest BCUT2D eigenvalue weighted by Crippen LogP contribution is 2.39. The number of para-hydroxylation sites is 1. The molecule has 1 heterocycles. The van der Waals surface area contributed by atoms with E-state index in [0.29, 0.717) is 40.5 Å². The lowest BCUT2D eigenvalue weighted by atomic mass is 10.0. The number of fused-ring (bicyclic) bond motifs is 1. The van der Waals surface area contributed by atoms with E-state index in [2.05, 4.69) is 13.8 Å². The zero-order chi connectivity index (χ0) is 21.7. The van der Waals surface area contributed by atoms with Crippen molar-refractivity contribution in [1.29, 1.82) is 0 Å². The number of hydrogen-bond acceptors (Lipinski definition) is 5. The van der Waals surface area contributed by atoms with Crippen LogP contribution in [0.4, 0.5) is 0 Å². The molecule has 0 fully saturated rings. The summed E-state index contributed by atoms with van der Waals surface area (Å²) in [6.45, 7) is 6.74. The van der Waals surface area contributed by atoms with Crippen molar-refractivity contribution < 1.29 is 29.0 Å².